The lowest BCUT2D eigenvalue weighted by Crippen LogP contribution is -2.47. The third kappa shape index (κ3) is 2.98. The minimum Gasteiger partial charge on any atom is -0.390 e. The summed E-state index contributed by atoms with van der Waals surface area (Å²) in [4.78, 5) is 6.39. The average Bonchev–Trinajstić information content (AvgIpc) is 2.93. The van der Waals surface area contributed by atoms with Crippen molar-refractivity contribution in [2.75, 3.05) is 43.6 Å². The standard InChI is InChI=1S/C13H19N6O2P/c1-22(2,20)18-7-8-19(13-17-16-12(14)21-13)11(9-18)10-5-3-4-6-15-10/h3-6,11H,7-9H2,1-2H3,(H2,14,16). The molecule has 2 aromatic rings. The number of hydrogen-bond donors (Lipinski definition) is 1. The lowest BCUT2D eigenvalue weighted by Gasteiger charge is -2.41. The summed E-state index contributed by atoms with van der Waals surface area (Å²) in [7, 11) is -2.32. The summed E-state index contributed by atoms with van der Waals surface area (Å²) in [5.41, 5.74) is 6.40. The molecule has 1 aliphatic heterocycles. The average molecular weight is 322 g/mol. The van der Waals surface area contributed by atoms with Crippen molar-refractivity contribution >= 4 is 19.3 Å². The molecule has 0 aliphatic carbocycles. The fourth-order valence-electron chi connectivity index (χ4n) is 2.60. The number of hydrogen-bond acceptors (Lipinski definition) is 7. The van der Waals surface area contributed by atoms with Gasteiger partial charge in [-0.25, -0.2) is 4.67 Å². The van der Waals surface area contributed by atoms with Gasteiger partial charge in [-0.1, -0.05) is 16.3 Å². The SMILES string of the molecule is CP(C)(=O)N1CCN(c2nnc(N)o2)C(c2ccccn2)C1. The van der Waals surface area contributed by atoms with Crippen molar-refractivity contribution in [1.29, 1.82) is 0 Å². The van der Waals surface area contributed by atoms with Gasteiger partial charge in [0.2, 0.25) is 0 Å². The molecule has 2 aromatic heterocycles. The maximum Gasteiger partial charge on any atom is 0.320 e. The zero-order valence-electron chi connectivity index (χ0n) is 12.6. The molecule has 0 amide bonds. The molecule has 0 bridgehead atoms. The van der Waals surface area contributed by atoms with E-state index in [1.807, 2.05) is 27.8 Å². The molecule has 9 heteroatoms. The lowest BCUT2D eigenvalue weighted by atomic mass is 10.1. The molecule has 1 unspecified atom stereocenters. The number of rotatable bonds is 3. The largest absolute Gasteiger partial charge is 0.390 e. The summed E-state index contributed by atoms with van der Waals surface area (Å²) in [5.74, 6) is 0. The number of pyridine rings is 1. The van der Waals surface area contributed by atoms with Gasteiger partial charge in [0.15, 0.2) is 0 Å². The van der Waals surface area contributed by atoms with E-state index in [0.717, 1.165) is 5.69 Å². The molecule has 1 saturated heterocycles. The Bertz CT molecular complexity index is 685. The zero-order chi connectivity index (χ0) is 15.7. The highest BCUT2D eigenvalue weighted by Crippen LogP contribution is 2.45. The number of anilines is 2. The number of nitrogens with zero attached hydrogens (tertiary/aromatic N) is 5. The first-order valence-electron chi connectivity index (χ1n) is 7.02. The van der Waals surface area contributed by atoms with Crippen LogP contribution >= 0.6 is 7.29 Å². The van der Waals surface area contributed by atoms with Crippen LogP contribution in [0.5, 0.6) is 0 Å². The van der Waals surface area contributed by atoms with Gasteiger partial charge >= 0.3 is 12.0 Å². The van der Waals surface area contributed by atoms with Gasteiger partial charge in [0.25, 0.3) is 0 Å². The summed E-state index contributed by atoms with van der Waals surface area (Å²) in [6.07, 6.45) is 1.74. The van der Waals surface area contributed by atoms with E-state index in [9.17, 15) is 4.57 Å². The zero-order valence-corrected chi connectivity index (χ0v) is 13.5. The summed E-state index contributed by atoms with van der Waals surface area (Å²) >= 11 is 0. The van der Waals surface area contributed by atoms with Gasteiger partial charge in [-0.05, 0) is 12.1 Å². The van der Waals surface area contributed by atoms with Crippen molar-refractivity contribution in [1.82, 2.24) is 19.9 Å². The highest BCUT2D eigenvalue weighted by Gasteiger charge is 2.35. The Balaban J connectivity index is 1.94. The number of piperazine rings is 1. The van der Waals surface area contributed by atoms with Crippen LogP contribution in [0.25, 0.3) is 0 Å². The number of nitrogen functional groups attached to an aromatic ring is 1. The van der Waals surface area contributed by atoms with E-state index in [4.69, 9.17) is 10.2 Å². The highest BCUT2D eigenvalue weighted by molar-refractivity contribution is 7.59. The van der Waals surface area contributed by atoms with Crippen LogP contribution in [-0.2, 0) is 4.57 Å². The monoisotopic (exact) mass is 322 g/mol. The van der Waals surface area contributed by atoms with Gasteiger partial charge in [-0.2, -0.15) is 0 Å². The Labute approximate surface area is 128 Å². The highest BCUT2D eigenvalue weighted by atomic mass is 31.2. The van der Waals surface area contributed by atoms with Gasteiger partial charge in [0.1, 0.15) is 7.29 Å². The smallest absolute Gasteiger partial charge is 0.320 e. The Kier molecular flexibility index (Phi) is 3.88. The predicted octanol–water partition coefficient (Wildman–Crippen LogP) is 1.45. The van der Waals surface area contributed by atoms with Gasteiger partial charge < -0.3 is 19.6 Å². The van der Waals surface area contributed by atoms with E-state index in [1.54, 1.807) is 19.5 Å². The van der Waals surface area contributed by atoms with Gasteiger partial charge in [-0.15, -0.1) is 0 Å². The Morgan fingerprint density at radius 3 is 2.73 bits per heavy atom. The molecule has 1 aliphatic rings. The van der Waals surface area contributed by atoms with Crippen molar-refractivity contribution in [3.05, 3.63) is 30.1 Å². The Hall–Kier alpha value is -1.92. The molecule has 8 nitrogen and oxygen atoms in total. The predicted molar refractivity (Wildman–Crippen MR) is 84.1 cm³/mol. The van der Waals surface area contributed by atoms with Crippen LogP contribution < -0.4 is 10.6 Å². The summed E-state index contributed by atoms with van der Waals surface area (Å²) in [6.45, 7) is 5.43. The first-order chi connectivity index (χ1) is 10.4. The van der Waals surface area contributed by atoms with Gasteiger partial charge in [0.05, 0.1) is 11.7 Å². The van der Waals surface area contributed by atoms with Gasteiger partial charge in [0, 0.05) is 39.2 Å². The summed E-state index contributed by atoms with van der Waals surface area (Å²) in [5, 5.41) is 7.69. The van der Waals surface area contributed by atoms with Crippen LogP contribution in [0.1, 0.15) is 11.7 Å². The second kappa shape index (κ2) is 5.70. The van der Waals surface area contributed by atoms with E-state index in [2.05, 4.69) is 15.2 Å². The first kappa shape index (κ1) is 15.0. The van der Waals surface area contributed by atoms with E-state index in [-0.39, 0.29) is 12.1 Å². The van der Waals surface area contributed by atoms with Crippen molar-refractivity contribution < 1.29 is 8.98 Å². The molecule has 0 spiro atoms. The van der Waals surface area contributed by atoms with E-state index < -0.39 is 7.29 Å². The van der Waals surface area contributed by atoms with Crippen LogP contribution in [0.3, 0.4) is 0 Å². The van der Waals surface area contributed by atoms with Crippen LogP contribution in [-0.4, -0.2) is 52.8 Å². The van der Waals surface area contributed by atoms with Crippen LogP contribution in [0.15, 0.2) is 28.8 Å². The molecule has 1 fully saturated rings. The van der Waals surface area contributed by atoms with Crippen LogP contribution in [0, 0.1) is 0 Å². The third-order valence-corrected chi connectivity index (χ3v) is 5.47. The van der Waals surface area contributed by atoms with E-state index in [1.165, 1.54) is 0 Å². The molecule has 1 atom stereocenters. The summed E-state index contributed by atoms with van der Waals surface area (Å²) in [6, 6.07) is 6.03. The first-order valence-corrected chi connectivity index (χ1v) is 9.57. The molecule has 2 N–H and O–H groups in total. The molecular formula is C13H19N6O2P. The maximum absolute atomic E-state index is 12.4. The topological polar surface area (TPSA) is 101 Å². The quantitative estimate of drug-likeness (QED) is 0.847. The van der Waals surface area contributed by atoms with Crippen molar-refractivity contribution in [3.8, 4) is 0 Å². The summed E-state index contributed by atoms with van der Waals surface area (Å²) < 4.78 is 19.8. The minimum absolute atomic E-state index is 0.0360. The second-order valence-corrected chi connectivity index (χ2v) is 8.75. The molecule has 118 valence electrons. The molecular weight excluding hydrogens is 303 g/mol. The molecule has 0 saturated carbocycles. The molecule has 3 rings (SSSR count). The van der Waals surface area contributed by atoms with Crippen molar-refractivity contribution in [2.24, 2.45) is 0 Å². The van der Waals surface area contributed by atoms with Crippen molar-refractivity contribution in [2.45, 2.75) is 6.04 Å². The van der Waals surface area contributed by atoms with Crippen molar-refractivity contribution in [3.63, 3.8) is 0 Å². The fraction of sp³-hybridized carbons (Fsp3) is 0.462. The Morgan fingerprint density at radius 2 is 2.14 bits per heavy atom. The van der Waals surface area contributed by atoms with Crippen LogP contribution in [0.4, 0.5) is 12.0 Å². The van der Waals surface area contributed by atoms with E-state index >= 15 is 0 Å². The lowest BCUT2D eigenvalue weighted by molar-refractivity contribution is 0.321. The normalized spacial score (nSPS) is 20.3. The maximum atomic E-state index is 12.4. The molecule has 22 heavy (non-hydrogen) atoms. The Morgan fingerprint density at radius 1 is 1.32 bits per heavy atom. The molecule has 0 radical (unpaired) electrons. The molecule has 3 heterocycles. The molecule has 0 aromatic carbocycles. The minimum atomic E-state index is -2.32. The number of nitrogens with two attached hydrogens (primary N) is 1. The third-order valence-electron chi connectivity index (χ3n) is 3.74. The van der Waals surface area contributed by atoms with E-state index in [0.29, 0.717) is 25.6 Å². The second-order valence-electron chi connectivity index (χ2n) is 5.59. The van der Waals surface area contributed by atoms with Gasteiger partial charge in [-0.3, -0.25) is 4.98 Å². The fourth-order valence-corrected chi connectivity index (χ4v) is 3.72. The van der Waals surface area contributed by atoms with Crippen LogP contribution in [0.2, 0.25) is 0 Å². The number of aromatic nitrogens is 3.